The Morgan fingerprint density at radius 2 is 1.86 bits per heavy atom. The van der Waals surface area contributed by atoms with Gasteiger partial charge in [0.2, 0.25) is 5.91 Å². The van der Waals surface area contributed by atoms with Gasteiger partial charge in [-0.3, -0.25) is 14.7 Å². The fourth-order valence-electron chi connectivity index (χ4n) is 5.29. The van der Waals surface area contributed by atoms with Crippen LogP contribution in [0.25, 0.3) is 22.3 Å². The first-order valence-electron chi connectivity index (χ1n) is 14.7. The van der Waals surface area contributed by atoms with E-state index in [2.05, 4.69) is 50.7 Å². The Kier molecular flexibility index (Phi) is 8.39. The second kappa shape index (κ2) is 12.7. The van der Waals surface area contributed by atoms with E-state index in [-0.39, 0.29) is 5.91 Å². The number of benzene rings is 3. The van der Waals surface area contributed by atoms with Gasteiger partial charge < -0.3 is 20.3 Å². The molecule has 0 atom stereocenters. The van der Waals surface area contributed by atoms with Crippen LogP contribution in [0.3, 0.4) is 0 Å². The van der Waals surface area contributed by atoms with Crippen molar-refractivity contribution in [1.29, 1.82) is 0 Å². The summed E-state index contributed by atoms with van der Waals surface area (Å²) in [7, 11) is 2.17. The first-order chi connectivity index (χ1) is 20.5. The molecule has 0 aliphatic carbocycles. The minimum Gasteiger partial charge on any atom is -0.492 e. The van der Waals surface area contributed by atoms with Gasteiger partial charge in [-0.15, -0.1) is 0 Å². The second-order valence-electron chi connectivity index (χ2n) is 11.0. The van der Waals surface area contributed by atoms with Crippen molar-refractivity contribution in [1.82, 2.24) is 19.8 Å². The van der Waals surface area contributed by atoms with Crippen molar-refractivity contribution < 1.29 is 9.53 Å². The Hall–Kier alpha value is -4.34. The van der Waals surface area contributed by atoms with Gasteiger partial charge in [-0.2, -0.15) is 0 Å². The predicted octanol–water partition coefficient (Wildman–Crippen LogP) is 5.34. The third-order valence-corrected chi connectivity index (χ3v) is 7.72. The minimum absolute atomic E-state index is 0.00302. The number of nitrogens with one attached hydrogen (secondary N) is 2. The van der Waals surface area contributed by atoms with Crippen LogP contribution in [0.1, 0.15) is 30.9 Å². The molecule has 9 heteroatoms. The predicted molar refractivity (Wildman–Crippen MR) is 169 cm³/mol. The van der Waals surface area contributed by atoms with Gasteiger partial charge in [-0.1, -0.05) is 25.1 Å². The Balaban J connectivity index is 1.29. The average Bonchev–Trinajstić information content (AvgIpc) is 3.47. The van der Waals surface area contributed by atoms with Crippen LogP contribution in [0.2, 0.25) is 0 Å². The number of anilines is 3. The van der Waals surface area contributed by atoms with Crippen molar-refractivity contribution in [2.45, 2.75) is 26.3 Å². The normalized spacial score (nSPS) is 15.1. The van der Waals surface area contributed by atoms with Gasteiger partial charge in [-0.05, 0) is 67.1 Å². The summed E-state index contributed by atoms with van der Waals surface area (Å²) in [5.41, 5.74) is 5.61. The fourth-order valence-corrected chi connectivity index (χ4v) is 5.29. The SMILES string of the molecule is CCCC(=O)Nc1cccc(-c2nc(Nc3ccc4c(c3)C=NC4)c3cc(OCCN4CCN(C)CC4)ccc3n2)c1. The molecule has 1 saturated heterocycles. The standard InChI is InChI=1S/C33H37N7O2/c1-3-5-31(41)35-26-7-4-6-23(18-26)32-37-30-11-10-28(42-17-16-40-14-12-39(2)13-15-40)20-29(30)33(38-32)36-27-9-8-24-21-34-22-25(24)19-27/h4,6-11,18-20,22H,3,5,12-17,21H2,1-2H3,(H,35,41)(H,36,37,38). The van der Waals surface area contributed by atoms with Crippen LogP contribution in [-0.4, -0.2) is 78.3 Å². The van der Waals surface area contributed by atoms with Gasteiger partial charge in [0.1, 0.15) is 18.2 Å². The molecule has 2 aliphatic heterocycles. The molecule has 3 heterocycles. The third-order valence-electron chi connectivity index (χ3n) is 7.72. The first-order valence-corrected chi connectivity index (χ1v) is 14.7. The number of likely N-dealkylation sites (N-methyl/N-ethyl adjacent to an activating group) is 1. The molecule has 0 bridgehead atoms. The highest BCUT2D eigenvalue weighted by Crippen LogP contribution is 2.32. The second-order valence-corrected chi connectivity index (χ2v) is 11.0. The zero-order chi connectivity index (χ0) is 28.9. The summed E-state index contributed by atoms with van der Waals surface area (Å²) in [4.78, 5) is 31.3. The highest BCUT2D eigenvalue weighted by Gasteiger charge is 2.16. The maximum absolute atomic E-state index is 12.2. The molecule has 1 amide bonds. The number of ether oxygens (including phenoxy) is 1. The van der Waals surface area contributed by atoms with Gasteiger partial charge in [0, 0.05) is 67.7 Å². The summed E-state index contributed by atoms with van der Waals surface area (Å²) in [6.07, 6.45) is 3.19. The van der Waals surface area contributed by atoms with E-state index in [0.29, 0.717) is 24.7 Å². The molecule has 1 fully saturated rings. The topological polar surface area (TPSA) is 95.0 Å². The number of hydrogen-bond donors (Lipinski definition) is 2. The van der Waals surface area contributed by atoms with Crippen LogP contribution in [0.5, 0.6) is 5.75 Å². The number of aromatic nitrogens is 2. The lowest BCUT2D eigenvalue weighted by Crippen LogP contribution is -2.45. The lowest BCUT2D eigenvalue weighted by Gasteiger charge is -2.32. The summed E-state index contributed by atoms with van der Waals surface area (Å²) in [6.45, 7) is 8.54. The van der Waals surface area contributed by atoms with E-state index in [0.717, 1.165) is 84.8 Å². The molecule has 42 heavy (non-hydrogen) atoms. The number of hydrogen-bond acceptors (Lipinski definition) is 8. The van der Waals surface area contributed by atoms with Gasteiger partial charge in [0.25, 0.3) is 0 Å². The van der Waals surface area contributed by atoms with Crippen molar-refractivity contribution in [3.8, 4) is 17.1 Å². The molecule has 0 saturated carbocycles. The number of nitrogens with zero attached hydrogens (tertiary/aromatic N) is 5. The van der Waals surface area contributed by atoms with Gasteiger partial charge in [0.15, 0.2) is 5.82 Å². The van der Waals surface area contributed by atoms with Crippen LogP contribution in [-0.2, 0) is 11.3 Å². The molecule has 0 radical (unpaired) electrons. The van der Waals surface area contributed by atoms with Crippen LogP contribution in [0, 0.1) is 0 Å². The Labute approximate surface area is 246 Å². The number of piperazine rings is 1. The fraction of sp³-hybridized carbons (Fsp3) is 0.333. The van der Waals surface area contributed by atoms with Gasteiger partial charge in [-0.25, -0.2) is 9.97 Å². The molecule has 9 nitrogen and oxygen atoms in total. The summed E-state index contributed by atoms with van der Waals surface area (Å²) < 4.78 is 6.20. The summed E-state index contributed by atoms with van der Waals surface area (Å²) in [6, 6.07) is 19.9. The lowest BCUT2D eigenvalue weighted by molar-refractivity contribution is -0.116. The molecule has 0 unspecified atom stereocenters. The molecule has 2 N–H and O–H groups in total. The molecule has 6 rings (SSSR count). The van der Waals surface area contributed by atoms with E-state index in [4.69, 9.17) is 14.7 Å². The molecule has 4 aromatic rings. The molecule has 1 aromatic heterocycles. The number of aliphatic imine (C=N–C) groups is 1. The maximum Gasteiger partial charge on any atom is 0.224 e. The van der Waals surface area contributed by atoms with Crippen molar-refractivity contribution >= 4 is 40.2 Å². The van der Waals surface area contributed by atoms with Crippen molar-refractivity contribution in [2.75, 3.05) is 57.0 Å². The highest BCUT2D eigenvalue weighted by atomic mass is 16.5. The third kappa shape index (κ3) is 6.58. The van der Waals surface area contributed by atoms with E-state index in [9.17, 15) is 4.79 Å². The summed E-state index contributed by atoms with van der Waals surface area (Å²) in [5, 5.41) is 7.39. The quantitative estimate of drug-likeness (QED) is 0.269. The Bertz CT molecular complexity index is 1610. The molecular weight excluding hydrogens is 526 g/mol. The number of carbonyl (C=O) groups is 1. The first kappa shape index (κ1) is 27.8. The van der Waals surface area contributed by atoms with Crippen LogP contribution in [0.4, 0.5) is 17.2 Å². The summed E-state index contributed by atoms with van der Waals surface area (Å²) >= 11 is 0. The smallest absolute Gasteiger partial charge is 0.224 e. The molecular formula is C33H37N7O2. The maximum atomic E-state index is 12.2. The van der Waals surface area contributed by atoms with Crippen LogP contribution in [0.15, 0.2) is 65.7 Å². The largest absolute Gasteiger partial charge is 0.492 e. The van der Waals surface area contributed by atoms with Crippen molar-refractivity contribution in [3.05, 3.63) is 71.8 Å². The number of fused-ring (bicyclic) bond motifs is 2. The zero-order valence-corrected chi connectivity index (χ0v) is 24.3. The van der Waals surface area contributed by atoms with Gasteiger partial charge >= 0.3 is 0 Å². The average molecular weight is 564 g/mol. The number of carbonyl (C=O) groups excluding carboxylic acids is 1. The lowest BCUT2D eigenvalue weighted by atomic mass is 10.1. The van der Waals surface area contributed by atoms with Crippen LogP contribution < -0.4 is 15.4 Å². The van der Waals surface area contributed by atoms with Crippen LogP contribution >= 0.6 is 0 Å². The Morgan fingerprint density at radius 3 is 2.71 bits per heavy atom. The highest BCUT2D eigenvalue weighted by molar-refractivity contribution is 5.95. The summed E-state index contributed by atoms with van der Waals surface area (Å²) in [5.74, 6) is 2.05. The monoisotopic (exact) mass is 563 g/mol. The molecule has 0 spiro atoms. The Morgan fingerprint density at radius 1 is 0.976 bits per heavy atom. The number of rotatable bonds is 10. The van der Waals surface area contributed by atoms with Gasteiger partial charge in [0.05, 0.1) is 12.1 Å². The molecule has 2 aliphatic rings. The van der Waals surface area contributed by atoms with E-state index in [1.54, 1.807) is 0 Å². The van der Waals surface area contributed by atoms with E-state index in [1.807, 2.05) is 55.6 Å². The number of amides is 1. The van der Waals surface area contributed by atoms with Crippen molar-refractivity contribution in [3.63, 3.8) is 0 Å². The molecule has 3 aromatic carbocycles. The van der Waals surface area contributed by atoms with Crippen molar-refractivity contribution in [2.24, 2.45) is 4.99 Å². The van der Waals surface area contributed by atoms with E-state index in [1.165, 1.54) is 5.56 Å². The van der Waals surface area contributed by atoms with E-state index < -0.39 is 0 Å². The minimum atomic E-state index is -0.00302. The zero-order valence-electron chi connectivity index (χ0n) is 24.3. The van der Waals surface area contributed by atoms with E-state index >= 15 is 0 Å². The molecule has 216 valence electrons.